The molecule has 1 saturated carbocycles. The molecule has 3 rings (SSSR count). The molecule has 0 spiro atoms. The lowest BCUT2D eigenvalue weighted by atomic mass is 9.84. The van der Waals surface area contributed by atoms with E-state index in [-0.39, 0.29) is 17.3 Å². The summed E-state index contributed by atoms with van der Waals surface area (Å²) in [5, 5.41) is 0. The largest absolute Gasteiger partial charge is 0.487 e. The van der Waals surface area contributed by atoms with Gasteiger partial charge < -0.3 is 4.74 Å². The van der Waals surface area contributed by atoms with Crippen molar-refractivity contribution in [1.29, 1.82) is 0 Å². The number of aryl methyl sites for hydroxylation is 1. The van der Waals surface area contributed by atoms with Gasteiger partial charge in [-0.2, -0.15) is 0 Å². The molecule has 0 unspecified atom stereocenters. The van der Waals surface area contributed by atoms with E-state index in [4.69, 9.17) is 12.6 Å². The van der Waals surface area contributed by atoms with Crippen molar-refractivity contribution in [2.24, 2.45) is 0 Å². The number of benzene rings is 2. The van der Waals surface area contributed by atoms with Crippen LogP contribution in [0.4, 0.5) is 8.78 Å². The van der Waals surface area contributed by atoms with Crippen LogP contribution in [0.1, 0.15) is 30.4 Å². The van der Waals surface area contributed by atoms with Gasteiger partial charge in [-0.05, 0) is 61.4 Å². The van der Waals surface area contributed by atoms with Crippen LogP contribution in [0.25, 0.3) is 11.1 Å². The molecule has 1 fully saturated rings. The van der Waals surface area contributed by atoms with E-state index in [9.17, 15) is 8.78 Å². The summed E-state index contributed by atoms with van der Waals surface area (Å²) in [5.74, 6) is -0.589. The predicted molar refractivity (Wildman–Crippen MR) is 84.9 cm³/mol. The maximum atomic E-state index is 14.5. The minimum atomic E-state index is -0.452. The molecule has 0 atom stereocenters. The molecule has 1 aliphatic rings. The van der Waals surface area contributed by atoms with E-state index in [1.165, 1.54) is 0 Å². The fraction of sp³-hybridized carbons (Fsp3) is 0.333. The number of rotatable bonds is 3. The Labute approximate surface area is 130 Å². The Morgan fingerprint density at radius 2 is 1.68 bits per heavy atom. The van der Waals surface area contributed by atoms with E-state index in [2.05, 4.69) is 0 Å². The van der Waals surface area contributed by atoms with Gasteiger partial charge in [-0.15, -0.1) is 0 Å². The molecule has 2 radical (unpaired) electrons. The van der Waals surface area contributed by atoms with Crippen LogP contribution in [0, 0.1) is 25.5 Å². The molecule has 0 aliphatic heterocycles. The van der Waals surface area contributed by atoms with Crippen molar-refractivity contribution in [2.45, 2.75) is 39.2 Å². The van der Waals surface area contributed by atoms with Gasteiger partial charge >= 0.3 is 0 Å². The van der Waals surface area contributed by atoms with Gasteiger partial charge in [0.1, 0.15) is 13.7 Å². The third-order valence-electron chi connectivity index (χ3n) is 4.36. The van der Waals surface area contributed by atoms with Crippen LogP contribution in [0.5, 0.6) is 5.75 Å². The van der Waals surface area contributed by atoms with Crippen molar-refractivity contribution >= 4 is 13.3 Å². The maximum absolute atomic E-state index is 14.5. The Hall–Kier alpha value is -1.84. The molecular formula is C18H17BF2O. The van der Waals surface area contributed by atoms with Gasteiger partial charge in [0.2, 0.25) is 0 Å². The maximum Gasteiger partial charge on any atom is 0.168 e. The summed E-state index contributed by atoms with van der Waals surface area (Å²) in [4.78, 5) is 0. The molecule has 1 aliphatic carbocycles. The van der Waals surface area contributed by atoms with E-state index in [0.29, 0.717) is 22.3 Å². The summed E-state index contributed by atoms with van der Waals surface area (Å²) in [6.07, 6.45) is 3.18. The molecular weight excluding hydrogens is 281 g/mol. The molecule has 1 nitrogen and oxygen atoms in total. The molecule has 2 aromatic rings. The zero-order valence-electron chi connectivity index (χ0n) is 12.7. The summed E-state index contributed by atoms with van der Waals surface area (Å²) in [6.45, 7) is 3.31. The highest BCUT2D eigenvalue weighted by Gasteiger charge is 2.22. The highest BCUT2D eigenvalue weighted by atomic mass is 19.1. The second kappa shape index (κ2) is 5.75. The van der Waals surface area contributed by atoms with Crippen molar-refractivity contribution < 1.29 is 13.5 Å². The first-order valence-corrected chi connectivity index (χ1v) is 7.49. The number of halogens is 2. The van der Waals surface area contributed by atoms with E-state index >= 15 is 0 Å². The van der Waals surface area contributed by atoms with Gasteiger partial charge in [-0.1, -0.05) is 23.7 Å². The van der Waals surface area contributed by atoms with Crippen molar-refractivity contribution in [2.75, 3.05) is 0 Å². The first-order chi connectivity index (χ1) is 10.5. The van der Waals surface area contributed by atoms with Gasteiger partial charge in [0.15, 0.2) is 11.6 Å². The normalized spacial score (nSPS) is 14.7. The second-order valence-corrected chi connectivity index (χ2v) is 5.88. The summed E-state index contributed by atoms with van der Waals surface area (Å²) >= 11 is 0. The van der Waals surface area contributed by atoms with Gasteiger partial charge in [0, 0.05) is 0 Å². The Morgan fingerprint density at radius 1 is 1.00 bits per heavy atom. The van der Waals surface area contributed by atoms with Gasteiger partial charge in [0.25, 0.3) is 0 Å². The second-order valence-electron chi connectivity index (χ2n) is 5.88. The van der Waals surface area contributed by atoms with Gasteiger partial charge in [-0.3, -0.25) is 0 Å². The minimum absolute atomic E-state index is 0.0511. The Balaban J connectivity index is 2.01. The molecule has 22 heavy (non-hydrogen) atoms. The van der Waals surface area contributed by atoms with Crippen LogP contribution in [-0.2, 0) is 0 Å². The molecule has 4 heteroatoms. The van der Waals surface area contributed by atoms with Crippen molar-refractivity contribution in [3.8, 4) is 16.9 Å². The highest BCUT2D eigenvalue weighted by Crippen LogP contribution is 2.33. The van der Waals surface area contributed by atoms with E-state index < -0.39 is 11.6 Å². The fourth-order valence-corrected chi connectivity index (χ4v) is 2.65. The van der Waals surface area contributed by atoms with E-state index in [0.717, 1.165) is 19.3 Å². The number of ether oxygens (including phenoxy) is 1. The summed E-state index contributed by atoms with van der Waals surface area (Å²) in [5.41, 5.74) is 2.05. The first-order valence-electron chi connectivity index (χ1n) is 7.49. The van der Waals surface area contributed by atoms with Crippen LogP contribution in [0.15, 0.2) is 24.3 Å². The quantitative estimate of drug-likeness (QED) is 0.779. The van der Waals surface area contributed by atoms with Crippen LogP contribution in [-0.4, -0.2) is 14.0 Å². The monoisotopic (exact) mass is 298 g/mol. The van der Waals surface area contributed by atoms with E-state index in [1.807, 2.05) is 0 Å². The lowest BCUT2D eigenvalue weighted by molar-refractivity contribution is 0.115. The number of hydrogen-bond acceptors (Lipinski definition) is 1. The van der Waals surface area contributed by atoms with Gasteiger partial charge in [-0.25, -0.2) is 8.78 Å². The van der Waals surface area contributed by atoms with Crippen molar-refractivity contribution in [1.82, 2.24) is 0 Å². The molecule has 2 aromatic carbocycles. The Kier molecular flexibility index (Phi) is 3.94. The molecule has 112 valence electrons. The molecule has 0 aromatic heterocycles. The van der Waals surface area contributed by atoms with Crippen LogP contribution in [0.3, 0.4) is 0 Å². The van der Waals surface area contributed by atoms with Crippen molar-refractivity contribution in [3.63, 3.8) is 0 Å². The third-order valence-corrected chi connectivity index (χ3v) is 4.36. The topological polar surface area (TPSA) is 9.23 Å². The van der Waals surface area contributed by atoms with E-state index in [1.54, 1.807) is 38.1 Å². The average molecular weight is 298 g/mol. The standard InChI is InChI=1S/C18H17BF2O/c1-10-6-7-14(16(19)17(10)20)13-8-9-15(18(21)11(13)2)22-12-4-3-5-12/h6-9,12H,3-5H2,1-2H3. The molecule has 0 saturated heterocycles. The first kappa shape index (κ1) is 15.1. The highest BCUT2D eigenvalue weighted by molar-refractivity contribution is 6.36. The van der Waals surface area contributed by atoms with Crippen molar-refractivity contribution in [3.05, 3.63) is 47.0 Å². The lowest BCUT2D eigenvalue weighted by Crippen LogP contribution is -2.25. The molecule has 0 N–H and O–H groups in total. The third kappa shape index (κ3) is 2.51. The predicted octanol–water partition coefficient (Wildman–Crippen LogP) is 3.97. The summed E-state index contributed by atoms with van der Waals surface area (Å²) in [7, 11) is 5.86. The Bertz CT molecular complexity index is 724. The Morgan fingerprint density at radius 3 is 2.32 bits per heavy atom. The summed E-state index contributed by atoms with van der Waals surface area (Å²) in [6, 6.07) is 6.72. The SMILES string of the molecule is [B]c1c(-c2ccc(OC3CCC3)c(F)c2C)ccc(C)c1F. The van der Waals surface area contributed by atoms with Gasteiger partial charge in [0.05, 0.1) is 6.10 Å². The van der Waals surface area contributed by atoms with Crippen LogP contribution < -0.4 is 10.2 Å². The zero-order chi connectivity index (χ0) is 15.9. The van der Waals surface area contributed by atoms with Crippen LogP contribution >= 0.6 is 0 Å². The summed E-state index contributed by atoms with van der Waals surface area (Å²) < 4.78 is 34.1. The molecule has 0 heterocycles. The average Bonchev–Trinajstić information content (AvgIpc) is 2.46. The molecule has 0 amide bonds. The smallest absolute Gasteiger partial charge is 0.168 e. The minimum Gasteiger partial charge on any atom is -0.487 e. The zero-order valence-corrected chi connectivity index (χ0v) is 12.7. The molecule has 0 bridgehead atoms. The van der Waals surface area contributed by atoms with Crippen LogP contribution in [0.2, 0.25) is 0 Å². The lowest BCUT2D eigenvalue weighted by Gasteiger charge is -2.27. The number of hydrogen-bond donors (Lipinski definition) is 0. The fourth-order valence-electron chi connectivity index (χ4n) is 2.65.